The summed E-state index contributed by atoms with van der Waals surface area (Å²) in [4.78, 5) is 12.4. The highest BCUT2D eigenvalue weighted by molar-refractivity contribution is 6.32. The molecule has 3 aromatic carbocycles. The molecule has 0 bridgehead atoms. The molecule has 0 atom stereocenters. The molecule has 3 aromatic rings. The van der Waals surface area contributed by atoms with E-state index >= 15 is 0 Å². The highest BCUT2D eigenvalue weighted by Gasteiger charge is 2.11. The fraction of sp³-hybridized carbons (Fsp3) is 0.174. The fourth-order valence-electron chi connectivity index (χ4n) is 2.59. The van der Waals surface area contributed by atoms with Crippen LogP contribution in [0.3, 0.4) is 0 Å². The van der Waals surface area contributed by atoms with Gasteiger partial charge in [-0.15, -0.1) is 0 Å². The number of esters is 1. The second-order valence-electron chi connectivity index (χ2n) is 6.53. The van der Waals surface area contributed by atoms with Crippen molar-refractivity contribution in [2.45, 2.75) is 26.4 Å². The molecule has 0 spiro atoms. The number of para-hydroxylation sites is 1. The summed E-state index contributed by atoms with van der Waals surface area (Å²) >= 11 is 6.04. The predicted molar refractivity (Wildman–Crippen MR) is 108 cm³/mol. The van der Waals surface area contributed by atoms with Crippen molar-refractivity contribution in [2.24, 2.45) is 0 Å². The molecule has 0 aliphatic rings. The lowest BCUT2D eigenvalue weighted by Crippen LogP contribution is -2.09. The molecule has 3 rings (SSSR count). The van der Waals surface area contributed by atoms with Crippen LogP contribution in [0.1, 0.15) is 41.3 Å². The van der Waals surface area contributed by atoms with Gasteiger partial charge in [-0.05, 0) is 53.4 Å². The van der Waals surface area contributed by atoms with Crippen molar-refractivity contribution in [3.63, 3.8) is 0 Å². The predicted octanol–water partition coefficient (Wildman–Crippen LogP) is 6.26. The fourth-order valence-corrected chi connectivity index (χ4v) is 2.76. The monoisotopic (exact) mass is 380 g/mol. The molecule has 4 heteroatoms. The van der Waals surface area contributed by atoms with Crippen molar-refractivity contribution in [1.29, 1.82) is 0 Å². The largest absolute Gasteiger partial charge is 0.489 e. The van der Waals surface area contributed by atoms with Crippen LogP contribution in [0.25, 0.3) is 0 Å². The minimum absolute atomic E-state index is 0.344. The number of rotatable bonds is 6. The normalized spacial score (nSPS) is 10.7. The number of carbonyl (C=O) groups excluding carboxylic acids is 1. The van der Waals surface area contributed by atoms with E-state index in [0.717, 1.165) is 11.3 Å². The molecule has 0 aromatic heterocycles. The Morgan fingerprint density at radius 2 is 1.70 bits per heavy atom. The quantitative estimate of drug-likeness (QED) is 0.374. The Morgan fingerprint density at radius 1 is 0.963 bits per heavy atom. The highest BCUT2D eigenvalue weighted by atomic mass is 35.5. The molecule has 0 aliphatic heterocycles. The van der Waals surface area contributed by atoms with E-state index in [2.05, 4.69) is 26.0 Å². The summed E-state index contributed by atoms with van der Waals surface area (Å²) in [5.74, 6) is 1.17. The second kappa shape index (κ2) is 8.74. The number of hydrogen-bond acceptors (Lipinski definition) is 3. The van der Waals surface area contributed by atoms with E-state index < -0.39 is 5.97 Å². The minimum atomic E-state index is -0.453. The van der Waals surface area contributed by atoms with E-state index in [1.807, 2.05) is 24.3 Å². The SMILES string of the molecule is CC(C)c1ccc(OCc2cccc(C(=O)Oc3ccccc3Cl)c2)cc1. The van der Waals surface area contributed by atoms with E-state index in [4.69, 9.17) is 21.1 Å². The first-order valence-corrected chi connectivity index (χ1v) is 9.19. The summed E-state index contributed by atoms with van der Waals surface area (Å²) in [6, 6.07) is 22.1. The van der Waals surface area contributed by atoms with Gasteiger partial charge in [0.15, 0.2) is 0 Å². The van der Waals surface area contributed by atoms with Crippen molar-refractivity contribution in [3.8, 4) is 11.5 Å². The summed E-state index contributed by atoms with van der Waals surface area (Å²) in [6.45, 7) is 4.68. The molecule has 0 saturated carbocycles. The standard InChI is InChI=1S/C23H21ClO3/c1-16(2)18-10-12-20(13-11-18)26-15-17-6-5-7-19(14-17)23(25)27-22-9-4-3-8-21(22)24/h3-14,16H,15H2,1-2H3. The summed E-state index contributed by atoms with van der Waals surface area (Å²) in [5.41, 5.74) is 2.61. The molecular formula is C23H21ClO3. The molecule has 0 fully saturated rings. The van der Waals surface area contributed by atoms with E-state index in [1.54, 1.807) is 36.4 Å². The van der Waals surface area contributed by atoms with Gasteiger partial charge in [-0.1, -0.05) is 61.8 Å². The summed E-state index contributed by atoms with van der Waals surface area (Å²) in [5, 5.41) is 0.398. The topological polar surface area (TPSA) is 35.5 Å². The molecule has 0 saturated heterocycles. The van der Waals surface area contributed by atoms with Gasteiger partial charge in [0.2, 0.25) is 0 Å². The van der Waals surface area contributed by atoms with Crippen LogP contribution in [-0.2, 0) is 6.61 Å². The molecule has 138 valence electrons. The van der Waals surface area contributed by atoms with Gasteiger partial charge < -0.3 is 9.47 Å². The molecule has 0 amide bonds. The van der Waals surface area contributed by atoms with E-state index in [9.17, 15) is 4.79 Å². The molecule has 0 aliphatic carbocycles. The maximum atomic E-state index is 12.4. The number of benzene rings is 3. The van der Waals surface area contributed by atoms with Crippen LogP contribution in [0.2, 0.25) is 5.02 Å². The molecule has 0 heterocycles. The minimum Gasteiger partial charge on any atom is -0.489 e. The van der Waals surface area contributed by atoms with Crippen LogP contribution >= 0.6 is 11.6 Å². The van der Waals surface area contributed by atoms with E-state index in [0.29, 0.717) is 28.9 Å². The van der Waals surface area contributed by atoms with Crippen LogP contribution in [0.5, 0.6) is 11.5 Å². The van der Waals surface area contributed by atoms with Crippen LogP contribution in [0.15, 0.2) is 72.8 Å². The van der Waals surface area contributed by atoms with Crippen LogP contribution in [0.4, 0.5) is 0 Å². The van der Waals surface area contributed by atoms with Crippen molar-refractivity contribution in [3.05, 3.63) is 94.5 Å². The molecule has 3 nitrogen and oxygen atoms in total. The zero-order chi connectivity index (χ0) is 19.2. The highest BCUT2D eigenvalue weighted by Crippen LogP contribution is 2.24. The third kappa shape index (κ3) is 5.11. The number of hydrogen-bond donors (Lipinski definition) is 0. The lowest BCUT2D eigenvalue weighted by Gasteiger charge is -2.10. The number of halogens is 1. The average Bonchev–Trinajstić information content (AvgIpc) is 2.68. The number of ether oxygens (including phenoxy) is 2. The Bertz CT molecular complexity index is 917. The summed E-state index contributed by atoms with van der Waals surface area (Å²) in [6.07, 6.45) is 0. The lowest BCUT2D eigenvalue weighted by atomic mass is 10.0. The average molecular weight is 381 g/mol. The van der Waals surface area contributed by atoms with Gasteiger partial charge in [-0.3, -0.25) is 0 Å². The van der Waals surface area contributed by atoms with Gasteiger partial charge in [0.1, 0.15) is 18.1 Å². The Morgan fingerprint density at radius 3 is 2.41 bits per heavy atom. The van der Waals surface area contributed by atoms with Crippen molar-refractivity contribution < 1.29 is 14.3 Å². The maximum Gasteiger partial charge on any atom is 0.343 e. The molecule has 0 radical (unpaired) electrons. The first kappa shape index (κ1) is 19.0. The maximum absolute atomic E-state index is 12.4. The smallest absolute Gasteiger partial charge is 0.343 e. The van der Waals surface area contributed by atoms with Crippen molar-refractivity contribution in [2.75, 3.05) is 0 Å². The Balaban J connectivity index is 1.64. The third-order valence-electron chi connectivity index (χ3n) is 4.15. The van der Waals surface area contributed by atoms with Crippen LogP contribution in [-0.4, -0.2) is 5.97 Å². The van der Waals surface area contributed by atoms with Crippen LogP contribution in [0, 0.1) is 0 Å². The molecule has 0 N–H and O–H groups in total. The van der Waals surface area contributed by atoms with Gasteiger partial charge in [0.25, 0.3) is 0 Å². The van der Waals surface area contributed by atoms with Crippen LogP contribution < -0.4 is 9.47 Å². The molecular weight excluding hydrogens is 360 g/mol. The summed E-state index contributed by atoms with van der Waals surface area (Å²) < 4.78 is 11.2. The number of carbonyl (C=O) groups is 1. The van der Waals surface area contributed by atoms with Gasteiger partial charge in [0, 0.05) is 0 Å². The zero-order valence-corrected chi connectivity index (χ0v) is 16.1. The van der Waals surface area contributed by atoms with E-state index in [-0.39, 0.29) is 0 Å². The zero-order valence-electron chi connectivity index (χ0n) is 15.3. The van der Waals surface area contributed by atoms with Gasteiger partial charge in [0.05, 0.1) is 10.6 Å². The molecule has 0 unspecified atom stereocenters. The van der Waals surface area contributed by atoms with Gasteiger partial charge in [-0.2, -0.15) is 0 Å². The summed E-state index contributed by atoms with van der Waals surface area (Å²) in [7, 11) is 0. The van der Waals surface area contributed by atoms with Gasteiger partial charge >= 0.3 is 5.97 Å². The third-order valence-corrected chi connectivity index (χ3v) is 4.47. The molecule has 27 heavy (non-hydrogen) atoms. The van der Waals surface area contributed by atoms with Crippen molar-refractivity contribution >= 4 is 17.6 Å². The Labute approximate surface area is 164 Å². The first-order chi connectivity index (χ1) is 13.0. The second-order valence-corrected chi connectivity index (χ2v) is 6.94. The first-order valence-electron chi connectivity index (χ1n) is 8.81. The Kier molecular flexibility index (Phi) is 6.15. The Hall–Kier alpha value is -2.78. The van der Waals surface area contributed by atoms with Gasteiger partial charge in [-0.25, -0.2) is 4.79 Å². The lowest BCUT2D eigenvalue weighted by molar-refractivity contribution is 0.0734. The van der Waals surface area contributed by atoms with E-state index in [1.165, 1.54) is 5.56 Å². The van der Waals surface area contributed by atoms with Crippen molar-refractivity contribution in [1.82, 2.24) is 0 Å².